The van der Waals surface area contributed by atoms with Crippen LogP contribution in [0.5, 0.6) is 11.5 Å². The van der Waals surface area contributed by atoms with Crippen molar-refractivity contribution in [2.45, 2.75) is 6.92 Å². The molecule has 1 heterocycles. The maximum atomic E-state index is 12.3. The minimum atomic E-state index is -0.644. The van der Waals surface area contributed by atoms with Crippen molar-refractivity contribution in [3.8, 4) is 11.5 Å². The Morgan fingerprint density at radius 2 is 1.67 bits per heavy atom. The molecule has 0 saturated carbocycles. The van der Waals surface area contributed by atoms with Crippen LogP contribution in [0.1, 0.15) is 16.7 Å². The maximum Gasteiger partial charge on any atom is 0.363 e. The molecule has 0 aliphatic carbocycles. The summed E-state index contributed by atoms with van der Waals surface area (Å²) in [5, 5.41) is 11.3. The molecule has 1 aliphatic heterocycles. The van der Waals surface area contributed by atoms with E-state index in [9.17, 15) is 14.9 Å². The number of hydrogen-bond acceptors (Lipinski definition) is 7. The summed E-state index contributed by atoms with van der Waals surface area (Å²) in [4.78, 5) is 27.3. The highest BCUT2D eigenvalue weighted by Crippen LogP contribution is 2.28. The number of nitro groups is 1. The van der Waals surface area contributed by atoms with Crippen LogP contribution in [0, 0.1) is 17.0 Å². The van der Waals surface area contributed by atoms with Crippen LogP contribution in [-0.4, -0.2) is 30.0 Å². The number of aliphatic imine (C=N–C) groups is 1. The van der Waals surface area contributed by atoms with Gasteiger partial charge in [-0.2, -0.15) is 0 Å². The molecule has 3 aromatic rings. The second-order valence-corrected chi connectivity index (χ2v) is 7.14. The molecule has 166 valence electrons. The number of ether oxygens (including phenoxy) is 3. The zero-order chi connectivity index (χ0) is 23.2. The minimum absolute atomic E-state index is 0.0235. The Hall–Kier alpha value is -4.46. The monoisotopic (exact) mass is 444 g/mol. The smallest absolute Gasteiger partial charge is 0.363 e. The summed E-state index contributed by atoms with van der Waals surface area (Å²) in [5.74, 6) is 0.641. The van der Waals surface area contributed by atoms with Crippen molar-refractivity contribution in [1.82, 2.24) is 0 Å². The number of carbonyl (C=O) groups excluding carboxylic acids is 1. The fourth-order valence-corrected chi connectivity index (χ4v) is 3.18. The Morgan fingerprint density at radius 1 is 0.970 bits per heavy atom. The Morgan fingerprint density at radius 3 is 2.39 bits per heavy atom. The first-order valence-corrected chi connectivity index (χ1v) is 10.2. The molecule has 0 amide bonds. The third kappa shape index (κ3) is 5.24. The highest BCUT2D eigenvalue weighted by Gasteiger charge is 2.25. The van der Waals surface area contributed by atoms with Crippen molar-refractivity contribution < 1.29 is 23.9 Å². The lowest BCUT2D eigenvalue weighted by molar-refractivity contribution is -0.384. The van der Waals surface area contributed by atoms with Crippen molar-refractivity contribution in [2.24, 2.45) is 4.99 Å². The van der Waals surface area contributed by atoms with Gasteiger partial charge in [-0.3, -0.25) is 10.1 Å². The van der Waals surface area contributed by atoms with Crippen LogP contribution in [0.3, 0.4) is 0 Å². The number of para-hydroxylation sites is 1. The zero-order valence-electron chi connectivity index (χ0n) is 17.8. The number of non-ortho nitro benzene ring substituents is 1. The summed E-state index contributed by atoms with van der Waals surface area (Å²) in [6.45, 7) is 2.42. The third-order valence-electron chi connectivity index (χ3n) is 4.83. The number of benzene rings is 3. The second kappa shape index (κ2) is 9.78. The van der Waals surface area contributed by atoms with Gasteiger partial charge in [0.1, 0.15) is 24.7 Å². The molecule has 0 saturated heterocycles. The lowest BCUT2D eigenvalue weighted by Gasteiger charge is -2.12. The predicted molar refractivity (Wildman–Crippen MR) is 122 cm³/mol. The highest BCUT2D eigenvalue weighted by atomic mass is 16.6. The van der Waals surface area contributed by atoms with E-state index in [0.717, 1.165) is 11.3 Å². The molecule has 3 aromatic carbocycles. The largest absolute Gasteiger partial charge is 0.490 e. The number of nitro benzene ring substituents is 1. The van der Waals surface area contributed by atoms with E-state index in [4.69, 9.17) is 14.2 Å². The SMILES string of the molecule is Cc1ccccc1OCCOc1ccc([N+](=O)[O-])cc1/C=C1/N=C(c2ccccc2)OC1=O. The fraction of sp³-hybridized carbons (Fsp3) is 0.120. The number of aryl methyl sites for hydroxylation is 1. The summed E-state index contributed by atoms with van der Waals surface area (Å²) >= 11 is 0. The molecule has 1 aliphatic rings. The molecule has 0 unspecified atom stereocenters. The Kier molecular flexibility index (Phi) is 6.45. The standard InChI is InChI=1S/C25H20N2O6/c1-17-7-5-6-10-22(17)31-13-14-32-23-12-11-20(27(29)30)15-19(23)16-21-25(28)33-24(26-21)18-8-3-2-4-9-18/h2-12,15-16H,13-14H2,1H3/b21-16+. The van der Waals surface area contributed by atoms with Crippen LogP contribution >= 0.6 is 0 Å². The lowest BCUT2D eigenvalue weighted by atomic mass is 10.1. The lowest BCUT2D eigenvalue weighted by Crippen LogP contribution is -2.10. The van der Waals surface area contributed by atoms with Crippen molar-refractivity contribution >= 4 is 23.6 Å². The molecule has 0 N–H and O–H groups in total. The van der Waals surface area contributed by atoms with Crippen LogP contribution in [-0.2, 0) is 9.53 Å². The Bertz CT molecular complexity index is 1250. The zero-order valence-corrected chi connectivity index (χ0v) is 17.8. The summed E-state index contributed by atoms with van der Waals surface area (Å²) in [6.07, 6.45) is 1.42. The first kappa shape index (κ1) is 21.8. The first-order chi connectivity index (χ1) is 16.0. The molecule has 8 heteroatoms. The number of hydrogen-bond donors (Lipinski definition) is 0. The topological polar surface area (TPSA) is 100 Å². The van der Waals surface area contributed by atoms with E-state index in [2.05, 4.69) is 4.99 Å². The molecular formula is C25H20N2O6. The van der Waals surface area contributed by atoms with E-state index >= 15 is 0 Å². The number of rotatable bonds is 8. The summed E-state index contributed by atoms with van der Waals surface area (Å²) in [6, 6.07) is 20.8. The Labute approximate surface area is 189 Å². The first-order valence-electron chi connectivity index (χ1n) is 10.2. The van der Waals surface area contributed by atoms with E-state index in [0.29, 0.717) is 16.9 Å². The van der Waals surface area contributed by atoms with E-state index in [-0.39, 0.29) is 30.5 Å². The van der Waals surface area contributed by atoms with Crippen molar-refractivity contribution in [3.05, 3.63) is 105 Å². The van der Waals surface area contributed by atoms with Gasteiger partial charge in [0.2, 0.25) is 5.90 Å². The quantitative estimate of drug-likeness (QED) is 0.164. The molecular weight excluding hydrogens is 424 g/mol. The second-order valence-electron chi connectivity index (χ2n) is 7.14. The third-order valence-corrected chi connectivity index (χ3v) is 4.83. The van der Waals surface area contributed by atoms with E-state index in [1.165, 1.54) is 24.3 Å². The average Bonchev–Trinajstić information content (AvgIpc) is 3.19. The van der Waals surface area contributed by atoms with Gasteiger partial charge in [-0.25, -0.2) is 9.79 Å². The molecule has 33 heavy (non-hydrogen) atoms. The van der Waals surface area contributed by atoms with Gasteiger partial charge in [0, 0.05) is 23.3 Å². The van der Waals surface area contributed by atoms with Gasteiger partial charge in [-0.15, -0.1) is 0 Å². The van der Waals surface area contributed by atoms with Crippen LogP contribution < -0.4 is 9.47 Å². The molecule has 8 nitrogen and oxygen atoms in total. The molecule has 0 radical (unpaired) electrons. The highest BCUT2D eigenvalue weighted by molar-refractivity contribution is 6.12. The van der Waals surface area contributed by atoms with Crippen LogP contribution in [0.25, 0.3) is 6.08 Å². The van der Waals surface area contributed by atoms with Gasteiger partial charge < -0.3 is 14.2 Å². The van der Waals surface area contributed by atoms with Gasteiger partial charge in [0.05, 0.1) is 4.92 Å². The van der Waals surface area contributed by atoms with Crippen molar-refractivity contribution in [3.63, 3.8) is 0 Å². The molecule has 0 atom stereocenters. The average molecular weight is 444 g/mol. The van der Waals surface area contributed by atoms with Gasteiger partial charge in [0.25, 0.3) is 5.69 Å². The van der Waals surface area contributed by atoms with Crippen molar-refractivity contribution in [2.75, 3.05) is 13.2 Å². The number of carbonyl (C=O) groups is 1. The number of cyclic esters (lactones) is 1. The maximum absolute atomic E-state index is 12.3. The molecule has 0 spiro atoms. The summed E-state index contributed by atoms with van der Waals surface area (Å²) < 4.78 is 16.8. The van der Waals surface area contributed by atoms with E-state index in [1.54, 1.807) is 24.3 Å². The Balaban J connectivity index is 1.54. The van der Waals surface area contributed by atoms with E-state index in [1.807, 2.05) is 37.3 Å². The normalized spacial score (nSPS) is 14.0. The number of esters is 1. The van der Waals surface area contributed by atoms with Gasteiger partial charge >= 0.3 is 5.97 Å². The van der Waals surface area contributed by atoms with Crippen LogP contribution in [0.2, 0.25) is 0 Å². The molecule has 0 bridgehead atoms. The van der Waals surface area contributed by atoms with Crippen LogP contribution in [0.4, 0.5) is 5.69 Å². The predicted octanol–water partition coefficient (Wildman–Crippen LogP) is 4.71. The van der Waals surface area contributed by atoms with E-state index < -0.39 is 10.9 Å². The minimum Gasteiger partial charge on any atom is -0.490 e. The van der Waals surface area contributed by atoms with Gasteiger partial charge in [-0.1, -0.05) is 36.4 Å². The van der Waals surface area contributed by atoms with Crippen molar-refractivity contribution in [1.29, 1.82) is 0 Å². The van der Waals surface area contributed by atoms with Gasteiger partial charge in [-0.05, 0) is 42.8 Å². The molecule has 0 fully saturated rings. The fourth-order valence-electron chi connectivity index (χ4n) is 3.18. The molecule has 4 rings (SSSR count). The van der Waals surface area contributed by atoms with Crippen LogP contribution in [0.15, 0.2) is 83.5 Å². The number of nitrogens with zero attached hydrogens (tertiary/aromatic N) is 2. The molecule has 0 aromatic heterocycles. The summed E-state index contributed by atoms with van der Waals surface area (Å²) in [7, 11) is 0. The van der Waals surface area contributed by atoms with Gasteiger partial charge in [0.15, 0.2) is 5.70 Å². The summed E-state index contributed by atoms with van der Waals surface area (Å²) in [5.41, 5.74) is 1.88.